The van der Waals surface area contributed by atoms with E-state index in [0.29, 0.717) is 11.8 Å². The molecule has 5 heteroatoms. The number of aromatic nitrogens is 2. The summed E-state index contributed by atoms with van der Waals surface area (Å²) in [6.45, 7) is 8.30. The van der Waals surface area contributed by atoms with Crippen LogP contribution in [-0.4, -0.2) is 41.3 Å². The third kappa shape index (κ3) is 3.71. The molecular weight excluding hydrogens is 314 g/mol. The lowest BCUT2D eigenvalue weighted by atomic mass is 9.96. The van der Waals surface area contributed by atoms with E-state index in [-0.39, 0.29) is 0 Å². The second kappa shape index (κ2) is 7.16. The van der Waals surface area contributed by atoms with Crippen LogP contribution in [0.25, 0.3) is 0 Å². The first-order valence-corrected chi connectivity index (χ1v) is 9.49. The number of nitrogens with zero attached hydrogens (tertiary/aromatic N) is 3. The summed E-state index contributed by atoms with van der Waals surface area (Å²) in [5.41, 5.74) is 2.77. The fraction of sp³-hybridized carbons (Fsp3) is 0.600. The lowest BCUT2D eigenvalue weighted by molar-refractivity contribution is 0.204. The van der Waals surface area contributed by atoms with Gasteiger partial charge in [-0.05, 0) is 43.0 Å². The van der Waals surface area contributed by atoms with Gasteiger partial charge in [-0.15, -0.1) is 0 Å². The van der Waals surface area contributed by atoms with Crippen LogP contribution in [-0.2, 0) is 12.8 Å². The standard InChI is InChI=1S/C20H27N3O2/c1-14(2)20-21-19(22-25-20)17-4-3-9-23(13-17)10-7-15-5-6-18-16(12-15)8-11-24-18/h5-6,12,14,17H,3-4,7-11,13H2,1-2H3/t17-/m0/s1. The van der Waals surface area contributed by atoms with Crippen molar-refractivity contribution in [2.45, 2.75) is 51.4 Å². The maximum absolute atomic E-state index is 5.60. The number of rotatable bonds is 5. The monoisotopic (exact) mass is 341 g/mol. The summed E-state index contributed by atoms with van der Waals surface area (Å²) in [7, 11) is 0. The van der Waals surface area contributed by atoms with Gasteiger partial charge in [0.15, 0.2) is 5.82 Å². The summed E-state index contributed by atoms with van der Waals surface area (Å²) in [5.74, 6) is 3.42. The Bertz CT molecular complexity index is 725. The zero-order valence-electron chi connectivity index (χ0n) is 15.2. The Morgan fingerprint density at radius 1 is 1.32 bits per heavy atom. The zero-order chi connectivity index (χ0) is 17.2. The molecule has 0 aliphatic carbocycles. The molecule has 1 aromatic heterocycles. The summed E-state index contributed by atoms with van der Waals surface area (Å²) in [6, 6.07) is 6.65. The van der Waals surface area contributed by atoms with E-state index in [4.69, 9.17) is 9.26 Å². The van der Waals surface area contributed by atoms with Crippen molar-refractivity contribution < 1.29 is 9.26 Å². The largest absolute Gasteiger partial charge is 0.493 e. The van der Waals surface area contributed by atoms with E-state index < -0.39 is 0 Å². The van der Waals surface area contributed by atoms with E-state index in [9.17, 15) is 0 Å². The molecule has 4 rings (SSSR count). The van der Waals surface area contributed by atoms with Crippen LogP contribution in [0.1, 0.15) is 61.4 Å². The number of hydrogen-bond donors (Lipinski definition) is 0. The molecule has 1 saturated heterocycles. The van der Waals surface area contributed by atoms with Gasteiger partial charge in [0, 0.05) is 31.3 Å². The third-order valence-electron chi connectivity index (χ3n) is 5.29. The highest BCUT2D eigenvalue weighted by molar-refractivity contribution is 5.39. The van der Waals surface area contributed by atoms with E-state index in [1.54, 1.807) is 0 Å². The van der Waals surface area contributed by atoms with Gasteiger partial charge in [0.1, 0.15) is 5.75 Å². The highest BCUT2D eigenvalue weighted by Gasteiger charge is 2.25. The number of likely N-dealkylation sites (tertiary alicyclic amines) is 1. The normalized spacial score (nSPS) is 20.7. The Kier molecular flexibility index (Phi) is 4.75. The van der Waals surface area contributed by atoms with Crippen LogP contribution >= 0.6 is 0 Å². The van der Waals surface area contributed by atoms with Gasteiger partial charge >= 0.3 is 0 Å². The van der Waals surface area contributed by atoms with Gasteiger partial charge in [-0.1, -0.05) is 31.1 Å². The summed E-state index contributed by atoms with van der Waals surface area (Å²) in [4.78, 5) is 7.15. The molecule has 1 fully saturated rings. The van der Waals surface area contributed by atoms with Crippen LogP contribution in [0.15, 0.2) is 22.7 Å². The number of ether oxygens (including phenoxy) is 1. The van der Waals surface area contributed by atoms with Crippen LogP contribution in [0.2, 0.25) is 0 Å². The Labute approximate surface area is 149 Å². The van der Waals surface area contributed by atoms with Gasteiger partial charge in [-0.25, -0.2) is 0 Å². The molecule has 0 amide bonds. The lowest BCUT2D eigenvalue weighted by Gasteiger charge is -2.31. The molecule has 134 valence electrons. The second-order valence-corrected chi connectivity index (χ2v) is 7.58. The Balaban J connectivity index is 1.35. The molecule has 0 N–H and O–H groups in total. The smallest absolute Gasteiger partial charge is 0.229 e. The first-order valence-electron chi connectivity index (χ1n) is 9.49. The molecule has 0 spiro atoms. The molecule has 1 aromatic carbocycles. The fourth-order valence-electron chi connectivity index (χ4n) is 3.80. The van der Waals surface area contributed by atoms with Crippen molar-refractivity contribution in [1.29, 1.82) is 0 Å². The maximum atomic E-state index is 5.60. The van der Waals surface area contributed by atoms with Gasteiger partial charge in [0.2, 0.25) is 5.89 Å². The molecule has 5 nitrogen and oxygen atoms in total. The molecule has 3 heterocycles. The van der Waals surface area contributed by atoms with Crippen molar-refractivity contribution in [3.05, 3.63) is 41.0 Å². The molecule has 1 atom stereocenters. The quantitative estimate of drug-likeness (QED) is 0.832. The van der Waals surface area contributed by atoms with E-state index in [0.717, 1.165) is 56.4 Å². The van der Waals surface area contributed by atoms with Crippen molar-refractivity contribution in [2.75, 3.05) is 26.2 Å². The lowest BCUT2D eigenvalue weighted by Crippen LogP contribution is -2.36. The molecule has 2 aliphatic rings. The van der Waals surface area contributed by atoms with Gasteiger partial charge in [0.25, 0.3) is 0 Å². The zero-order valence-corrected chi connectivity index (χ0v) is 15.2. The second-order valence-electron chi connectivity index (χ2n) is 7.58. The number of hydrogen-bond acceptors (Lipinski definition) is 5. The van der Waals surface area contributed by atoms with Crippen LogP contribution < -0.4 is 4.74 Å². The first-order chi connectivity index (χ1) is 12.2. The molecule has 0 radical (unpaired) electrons. The van der Waals surface area contributed by atoms with Crippen LogP contribution in [0.5, 0.6) is 5.75 Å². The number of benzene rings is 1. The summed E-state index contributed by atoms with van der Waals surface area (Å²) >= 11 is 0. The average Bonchev–Trinajstić information content (AvgIpc) is 3.29. The van der Waals surface area contributed by atoms with Gasteiger partial charge < -0.3 is 14.2 Å². The van der Waals surface area contributed by atoms with Crippen molar-refractivity contribution in [2.24, 2.45) is 0 Å². The number of piperidine rings is 1. The van der Waals surface area contributed by atoms with Gasteiger partial charge in [-0.3, -0.25) is 0 Å². The summed E-state index contributed by atoms with van der Waals surface area (Å²) < 4.78 is 11.0. The molecular formula is C20H27N3O2. The van der Waals surface area contributed by atoms with Crippen molar-refractivity contribution in [1.82, 2.24) is 15.0 Å². The molecule has 0 bridgehead atoms. The van der Waals surface area contributed by atoms with Gasteiger partial charge in [0.05, 0.1) is 6.61 Å². The Morgan fingerprint density at radius 3 is 3.08 bits per heavy atom. The molecule has 0 saturated carbocycles. The van der Waals surface area contributed by atoms with Crippen molar-refractivity contribution in [3.63, 3.8) is 0 Å². The highest BCUT2D eigenvalue weighted by Crippen LogP contribution is 2.28. The van der Waals surface area contributed by atoms with Crippen LogP contribution in [0.4, 0.5) is 0 Å². The average molecular weight is 341 g/mol. The molecule has 0 unspecified atom stereocenters. The predicted molar refractivity (Wildman–Crippen MR) is 96.1 cm³/mol. The van der Waals surface area contributed by atoms with Crippen molar-refractivity contribution >= 4 is 0 Å². The molecule has 25 heavy (non-hydrogen) atoms. The van der Waals surface area contributed by atoms with E-state index in [1.165, 1.54) is 24.1 Å². The highest BCUT2D eigenvalue weighted by atomic mass is 16.5. The topological polar surface area (TPSA) is 51.4 Å². The summed E-state index contributed by atoms with van der Waals surface area (Å²) in [6.07, 6.45) is 4.49. The SMILES string of the molecule is CC(C)c1nc([C@H]2CCCN(CCc3ccc4c(c3)CCO4)C2)no1. The predicted octanol–water partition coefficient (Wildman–Crippen LogP) is 3.55. The van der Waals surface area contributed by atoms with E-state index in [1.807, 2.05) is 0 Å². The molecule has 2 aliphatic heterocycles. The number of fused-ring (bicyclic) bond motifs is 1. The third-order valence-corrected chi connectivity index (χ3v) is 5.29. The van der Waals surface area contributed by atoms with Crippen molar-refractivity contribution in [3.8, 4) is 5.75 Å². The Hall–Kier alpha value is -1.88. The molecule has 2 aromatic rings. The summed E-state index contributed by atoms with van der Waals surface area (Å²) in [5, 5.41) is 4.23. The first kappa shape index (κ1) is 16.6. The van der Waals surface area contributed by atoms with E-state index in [2.05, 4.69) is 47.1 Å². The minimum atomic E-state index is 0.296. The minimum Gasteiger partial charge on any atom is -0.493 e. The Morgan fingerprint density at radius 2 is 2.24 bits per heavy atom. The van der Waals surface area contributed by atoms with E-state index >= 15 is 0 Å². The van der Waals surface area contributed by atoms with Crippen LogP contribution in [0.3, 0.4) is 0 Å². The van der Waals surface area contributed by atoms with Gasteiger partial charge in [-0.2, -0.15) is 4.98 Å². The maximum Gasteiger partial charge on any atom is 0.229 e. The fourth-order valence-corrected chi connectivity index (χ4v) is 3.80. The van der Waals surface area contributed by atoms with Crippen LogP contribution in [0, 0.1) is 0 Å². The minimum absolute atomic E-state index is 0.296.